The Balaban J connectivity index is 1.64. The van der Waals surface area contributed by atoms with Crippen molar-refractivity contribution in [2.75, 3.05) is 11.3 Å². The number of carboxylic acids is 1. The molecule has 2 atom stereocenters. The topological polar surface area (TPSA) is 58.6 Å². The lowest BCUT2D eigenvalue weighted by Crippen LogP contribution is -2.14. The Bertz CT molecular complexity index is 839. The second-order valence-electron chi connectivity index (χ2n) is 6.24. The van der Waals surface area contributed by atoms with Crippen molar-refractivity contribution in [1.29, 1.82) is 0 Å². The van der Waals surface area contributed by atoms with Crippen LogP contribution in [0.3, 0.4) is 0 Å². The molecule has 2 aromatic rings. The van der Waals surface area contributed by atoms with Crippen LogP contribution in [0.1, 0.15) is 33.8 Å². The molecule has 24 heavy (non-hydrogen) atoms. The summed E-state index contributed by atoms with van der Waals surface area (Å²) in [6.07, 6.45) is 1.07. The molecular weight excluding hydrogens is 329 g/mol. The molecule has 4 nitrogen and oxygen atoms in total. The second-order valence-corrected chi connectivity index (χ2v) is 7.09. The number of hydrogen-bond donors (Lipinski definition) is 2. The van der Waals surface area contributed by atoms with Gasteiger partial charge in [0.1, 0.15) is 17.1 Å². The third-order valence-corrected chi connectivity index (χ3v) is 5.57. The number of carboxylic acid groups (broad SMARTS) is 1. The molecule has 1 saturated carbocycles. The van der Waals surface area contributed by atoms with Gasteiger partial charge >= 0.3 is 5.97 Å². The smallest absolute Gasteiger partial charge is 0.341 e. The van der Waals surface area contributed by atoms with E-state index < -0.39 is 5.97 Å². The SMILES string of the molecule is Cc1cc(F)ccc1SNc1ccc2c(c1C(=O)O)OC[C@@H]1CC21. The highest BCUT2D eigenvalue weighted by molar-refractivity contribution is 8.00. The standard InChI is InChI=1S/C18H16FNO3S/c1-9-6-11(19)2-5-15(9)24-20-14-4-3-12-13-7-10(13)8-23-17(12)16(14)18(21)22/h2-6,10,13,20H,7-8H2,1H3,(H,21,22)/t10-,13?/m0/s1. The first-order valence-electron chi connectivity index (χ1n) is 7.76. The number of nitrogens with one attached hydrogen (secondary N) is 1. The number of fused-ring (bicyclic) bond motifs is 3. The van der Waals surface area contributed by atoms with Gasteiger partial charge in [-0.15, -0.1) is 0 Å². The molecule has 124 valence electrons. The summed E-state index contributed by atoms with van der Waals surface area (Å²) in [5.74, 6) is 0.166. The van der Waals surface area contributed by atoms with E-state index in [2.05, 4.69) is 4.72 Å². The zero-order chi connectivity index (χ0) is 16.8. The Labute approximate surface area is 143 Å². The highest BCUT2D eigenvalue weighted by atomic mass is 32.2. The van der Waals surface area contributed by atoms with Crippen LogP contribution in [0.15, 0.2) is 35.2 Å². The van der Waals surface area contributed by atoms with Crippen LogP contribution in [0.25, 0.3) is 0 Å². The Kier molecular flexibility index (Phi) is 3.64. The third-order valence-electron chi connectivity index (χ3n) is 4.57. The van der Waals surface area contributed by atoms with Crippen molar-refractivity contribution in [1.82, 2.24) is 0 Å². The fourth-order valence-electron chi connectivity index (χ4n) is 3.18. The number of anilines is 1. The lowest BCUT2D eigenvalue weighted by atomic mass is 10.0. The van der Waals surface area contributed by atoms with Gasteiger partial charge in [0.15, 0.2) is 0 Å². The van der Waals surface area contributed by atoms with Crippen LogP contribution in [0, 0.1) is 18.7 Å². The summed E-state index contributed by atoms with van der Waals surface area (Å²) in [5, 5.41) is 9.63. The van der Waals surface area contributed by atoms with Gasteiger partial charge in [0.25, 0.3) is 0 Å². The van der Waals surface area contributed by atoms with Gasteiger partial charge in [0.2, 0.25) is 0 Å². The average Bonchev–Trinajstić information content (AvgIpc) is 3.33. The number of ether oxygens (including phenoxy) is 1. The van der Waals surface area contributed by atoms with Gasteiger partial charge in [0.05, 0.1) is 12.3 Å². The summed E-state index contributed by atoms with van der Waals surface area (Å²) < 4.78 is 22.0. The molecule has 2 aliphatic rings. The largest absolute Gasteiger partial charge is 0.492 e. The lowest BCUT2D eigenvalue weighted by molar-refractivity contribution is 0.0692. The van der Waals surface area contributed by atoms with Crippen molar-refractivity contribution in [3.05, 3.63) is 52.8 Å². The Morgan fingerprint density at radius 2 is 2.21 bits per heavy atom. The van der Waals surface area contributed by atoms with E-state index >= 15 is 0 Å². The molecule has 6 heteroatoms. The second kappa shape index (κ2) is 5.70. The predicted molar refractivity (Wildman–Crippen MR) is 90.4 cm³/mol. The monoisotopic (exact) mass is 345 g/mol. The maximum absolute atomic E-state index is 13.2. The number of benzene rings is 2. The van der Waals surface area contributed by atoms with E-state index in [1.807, 2.05) is 13.0 Å². The van der Waals surface area contributed by atoms with Crippen molar-refractivity contribution in [3.8, 4) is 5.75 Å². The minimum Gasteiger partial charge on any atom is -0.492 e. The predicted octanol–water partition coefficient (Wildman–Crippen LogP) is 4.45. The Hall–Kier alpha value is -2.21. The highest BCUT2D eigenvalue weighted by Gasteiger charge is 2.45. The molecule has 4 rings (SSSR count). The van der Waals surface area contributed by atoms with E-state index in [9.17, 15) is 14.3 Å². The third kappa shape index (κ3) is 2.60. The van der Waals surface area contributed by atoms with E-state index in [0.29, 0.717) is 29.9 Å². The highest BCUT2D eigenvalue weighted by Crippen LogP contribution is 2.55. The molecule has 1 aliphatic heterocycles. The molecule has 1 fully saturated rings. The molecule has 2 N–H and O–H groups in total. The van der Waals surface area contributed by atoms with Crippen LogP contribution in [0.2, 0.25) is 0 Å². The summed E-state index contributed by atoms with van der Waals surface area (Å²) in [6.45, 7) is 2.40. The number of halogens is 1. The van der Waals surface area contributed by atoms with Gasteiger partial charge in [-0.2, -0.15) is 0 Å². The molecule has 1 aliphatic carbocycles. The molecule has 1 unspecified atom stereocenters. The molecule has 2 aromatic carbocycles. The molecule has 0 amide bonds. The van der Waals surface area contributed by atoms with Crippen LogP contribution in [-0.4, -0.2) is 17.7 Å². The fourth-order valence-corrected chi connectivity index (χ4v) is 3.93. The van der Waals surface area contributed by atoms with Gasteiger partial charge in [-0.05, 0) is 66.6 Å². The minimum absolute atomic E-state index is 0.171. The van der Waals surface area contributed by atoms with Crippen LogP contribution < -0.4 is 9.46 Å². The fraction of sp³-hybridized carbons (Fsp3) is 0.278. The van der Waals surface area contributed by atoms with E-state index in [1.54, 1.807) is 12.1 Å². The van der Waals surface area contributed by atoms with Gasteiger partial charge in [-0.3, -0.25) is 0 Å². The van der Waals surface area contributed by atoms with E-state index in [4.69, 9.17) is 4.74 Å². The first kappa shape index (κ1) is 15.3. The Morgan fingerprint density at radius 1 is 1.38 bits per heavy atom. The van der Waals surface area contributed by atoms with Crippen molar-refractivity contribution >= 4 is 23.6 Å². The molecule has 0 radical (unpaired) electrons. The molecule has 0 bridgehead atoms. The van der Waals surface area contributed by atoms with Crippen molar-refractivity contribution in [2.45, 2.75) is 24.2 Å². The molecular formula is C18H16FNO3S. The van der Waals surface area contributed by atoms with Gasteiger partial charge in [-0.25, -0.2) is 9.18 Å². The van der Waals surface area contributed by atoms with E-state index in [0.717, 1.165) is 22.4 Å². The van der Waals surface area contributed by atoms with Gasteiger partial charge in [-0.1, -0.05) is 6.07 Å². The van der Waals surface area contributed by atoms with Gasteiger partial charge < -0.3 is 14.6 Å². The number of aromatic carboxylic acids is 1. The van der Waals surface area contributed by atoms with Crippen LogP contribution >= 0.6 is 11.9 Å². The van der Waals surface area contributed by atoms with E-state index in [1.165, 1.54) is 24.1 Å². The molecule has 0 aromatic heterocycles. The normalized spacial score (nSPS) is 20.6. The summed E-state index contributed by atoms with van der Waals surface area (Å²) >= 11 is 1.27. The first-order chi connectivity index (χ1) is 11.5. The zero-order valence-corrected chi connectivity index (χ0v) is 13.8. The van der Waals surface area contributed by atoms with Crippen LogP contribution in [0.5, 0.6) is 5.75 Å². The maximum atomic E-state index is 13.2. The van der Waals surface area contributed by atoms with Crippen molar-refractivity contribution < 1.29 is 19.0 Å². The summed E-state index contributed by atoms with van der Waals surface area (Å²) in [7, 11) is 0. The number of aryl methyl sites for hydroxylation is 1. The zero-order valence-electron chi connectivity index (χ0n) is 13.0. The first-order valence-corrected chi connectivity index (χ1v) is 8.58. The van der Waals surface area contributed by atoms with Crippen molar-refractivity contribution in [3.63, 3.8) is 0 Å². The lowest BCUT2D eigenvalue weighted by Gasteiger charge is -2.21. The summed E-state index contributed by atoms with van der Waals surface area (Å²) in [6, 6.07) is 8.25. The maximum Gasteiger partial charge on any atom is 0.341 e. The number of hydrogen-bond acceptors (Lipinski definition) is 4. The number of rotatable bonds is 4. The number of carbonyl (C=O) groups is 1. The average molecular weight is 345 g/mol. The quantitative estimate of drug-likeness (QED) is 0.802. The van der Waals surface area contributed by atoms with Gasteiger partial charge in [0, 0.05) is 10.8 Å². The molecule has 0 spiro atoms. The van der Waals surface area contributed by atoms with Crippen LogP contribution in [0.4, 0.5) is 10.1 Å². The van der Waals surface area contributed by atoms with E-state index in [-0.39, 0.29) is 11.4 Å². The molecule has 0 saturated heterocycles. The Morgan fingerprint density at radius 3 is 2.96 bits per heavy atom. The van der Waals surface area contributed by atoms with Crippen LogP contribution in [-0.2, 0) is 0 Å². The van der Waals surface area contributed by atoms with Crippen molar-refractivity contribution in [2.24, 2.45) is 5.92 Å². The summed E-state index contributed by atoms with van der Waals surface area (Å²) in [4.78, 5) is 12.6. The minimum atomic E-state index is -1.01. The molecule has 1 heterocycles. The summed E-state index contributed by atoms with van der Waals surface area (Å²) in [5.41, 5.74) is 2.45.